The summed E-state index contributed by atoms with van der Waals surface area (Å²) in [6, 6.07) is 6.18. The molecular weight excluding hydrogens is 283 g/mol. The van der Waals surface area contributed by atoms with Gasteiger partial charge in [0.25, 0.3) is 0 Å². The van der Waals surface area contributed by atoms with Crippen LogP contribution in [-0.4, -0.2) is 33.2 Å². The first kappa shape index (κ1) is 13.5. The lowest BCUT2D eigenvalue weighted by Crippen LogP contribution is -2.38. The molecule has 4 rings (SSSR count). The average molecular weight is 300 g/mol. The Hall–Kier alpha value is -2.21. The molecule has 1 amide bonds. The second-order valence-electron chi connectivity index (χ2n) is 5.86. The van der Waals surface area contributed by atoms with Gasteiger partial charge in [0.05, 0.1) is 17.9 Å². The Morgan fingerprint density at radius 2 is 2.05 bits per heavy atom. The van der Waals surface area contributed by atoms with Gasteiger partial charge in [-0.05, 0) is 37.1 Å². The number of hydrogen-bond donors (Lipinski definition) is 1. The predicted molar refractivity (Wildman–Crippen MR) is 78.8 cm³/mol. The predicted octanol–water partition coefficient (Wildman–Crippen LogP) is 1.99. The molecule has 2 aliphatic heterocycles. The molecule has 5 nitrogen and oxygen atoms in total. The molecule has 1 aromatic carbocycles. The molecule has 0 spiro atoms. The normalized spacial score (nSPS) is 25.0. The molecule has 2 fully saturated rings. The number of fused-ring (bicyclic) bond motifs is 1. The van der Waals surface area contributed by atoms with E-state index in [0.717, 1.165) is 37.1 Å². The van der Waals surface area contributed by atoms with Gasteiger partial charge in [-0.1, -0.05) is 6.42 Å². The number of hydrogen-bond acceptors (Lipinski definition) is 3. The standard InChI is InChI=1S/C16H17FN4O/c17-12-4-6-13(7-5-12)21-10-11(9-18-21)15-19-16(22)14-3-1-2-8-20(14)15/h4-7,9-10,14-15H,1-3,8H2,(H,19,22). The lowest BCUT2D eigenvalue weighted by atomic mass is 10.0. The van der Waals surface area contributed by atoms with Gasteiger partial charge in [0, 0.05) is 18.3 Å². The first-order valence-corrected chi connectivity index (χ1v) is 7.59. The summed E-state index contributed by atoms with van der Waals surface area (Å²) in [6.45, 7) is 0.926. The van der Waals surface area contributed by atoms with Gasteiger partial charge in [0.1, 0.15) is 12.0 Å². The van der Waals surface area contributed by atoms with Gasteiger partial charge in [-0.15, -0.1) is 0 Å². The van der Waals surface area contributed by atoms with Gasteiger partial charge in [-0.3, -0.25) is 9.69 Å². The number of halogens is 1. The van der Waals surface area contributed by atoms with E-state index in [1.54, 1.807) is 23.0 Å². The van der Waals surface area contributed by atoms with E-state index in [1.165, 1.54) is 12.1 Å². The van der Waals surface area contributed by atoms with Crippen LogP contribution in [0.15, 0.2) is 36.7 Å². The average Bonchev–Trinajstić information content (AvgIpc) is 3.14. The number of benzene rings is 1. The number of amides is 1. The summed E-state index contributed by atoms with van der Waals surface area (Å²) in [5, 5.41) is 7.40. The van der Waals surface area contributed by atoms with E-state index in [9.17, 15) is 9.18 Å². The molecule has 6 heteroatoms. The van der Waals surface area contributed by atoms with Crippen LogP contribution >= 0.6 is 0 Å². The summed E-state index contributed by atoms with van der Waals surface area (Å²) in [5.74, 6) is -0.158. The van der Waals surface area contributed by atoms with Crippen molar-refractivity contribution in [1.29, 1.82) is 0 Å². The minimum atomic E-state index is -0.268. The van der Waals surface area contributed by atoms with Gasteiger partial charge >= 0.3 is 0 Å². The lowest BCUT2D eigenvalue weighted by Gasteiger charge is -2.30. The fourth-order valence-electron chi connectivity index (χ4n) is 3.35. The van der Waals surface area contributed by atoms with Crippen molar-refractivity contribution in [2.24, 2.45) is 0 Å². The molecule has 2 aromatic rings. The zero-order valence-electron chi connectivity index (χ0n) is 12.1. The minimum Gasteiger partial charge on any atom is -0.335 e. The number of rotatable bonds is 2. The van der Waals surface area contributed by atoms with Crippen LogP contribution in [0.5, 0.6) is 0 Å². The third-order valence-corrected chi connectivity index (χ3v) is 4.47. The van der Waals surface area contributed by atoms with Gasteiger partial charge in [0.2, 0.25) is 5.91 Å². The highest BCUT2D eigenvalue weighted by Crippen LogP contribution is 2.32. The second kappa shape index (κ2) is 5.21. The van der Waals surface area contributed by atoms with Crippen LogP contribution in [0.3, 0.4) is 0 Å². The van der Waals surface area contributed by atoms with Crippen molar-refractivity contribution >= 4 is 5.91 Å². The van der Waals surface area contributed by atoms with E-state index in [1.807, 2.05) is 6.20 Å². The SMILES string of the molecule is O=C1NC(c2cnn(-c3ccc(F)cc3)c2)N2CCCCC12. The van der Waals surface area contributed by atoms with Crippen LogP contribution < -0.4 is 5.32 Å². The number of carbonyl (C=O) groups excluding carboxylic acids is 1. The highest BCUT2D eigenvalue weighted by atomic mass is 19.1. The topological polar surface area (TPSA) is 50.2 Å². The van der Waals surface area contributed by atoms with Crippen molar-refractivity contribution in [1.82, 2.24) is 20.0 Å². The molecule has 2 aliphatic rings. The summed E-state index contributed by atoms with van der Waals surface area (Å²) >= 11 is 0. The zero-order valence-corrected chi connectivity index (χ0v) is 12.1. The summed E-state index contributed by atoms with van der Waals surface area (Å²) in [5.41, 5.74) is 1.76. The number of piperidine rings is 1. The van der Waals surface area contributed by atoms with Crippen LogP contribution in [0.25, 0.3) is 5.69 Å². The Kier molecular flexibility index (Phi) is 3.18. The summed E-state index contributed by atoms with van der Waals surface area (Å²) in [6.07, 6.45) is 6.71. The molecule has 1 aromatic heterocycles. The lowest BCUT2D eigenvalue weighted by molar-refractivity contribution is -0.122. The monoisotopic (exact) mass is 300 g/mol. The van der Waals surface area contributed by atoms with Crippen LogP contribution in [0.1, 0.15) is 31.0 Å². The van der Waals surface area contributed by atoms with E-state index >= 15 is 0 Å². The van der Waals surface area contributed by atoms with Crippen molar-refractivity contribution in [3.05, 3.63) is 48.0 Å². The van der Waals surface area contributed by atoms with Crippen LogP contribution in [0.4, 0.5) is 4.39 Å². The highest BCUT2D eigenvalue weighted by molar-refractivity contribution is 5.84. The molecule has 2 unspecified atom stereocenters. The van der Waals surface area contributed by atoms with E-state index in [2.05, 4.69) is 15.3 Å². The molecule has 1 N–H and O–H groups in total. The fraction of sp³-hybridized carbons (Fsp3) is 0.375. The number of carbonyl (C=O) groups is 1. The molecule has 0 aliphatic carbocycles. The van der Waals surface area contributed by atoms with E-state index in [0.29, 0.717) is 0 Å². The maximum Gasteiger partial charge on any atom is 0.238 e. The van der Waals surface area contributed by atoms with Gasteiger partial charge in [-0.25, -0.2) is 9.07 Å². The second-order valence-corrected chi connectivity index (χ2v) is 5.86. The third kappa shape index (κ3) is 2.20. The maximum absolute atomic E-state index is 13.0. The smallest absolute Gasteiger partial charge is 0.238 e. The molecule has 0 radical (unpaired) electrons. The van der Waals surface area contributed by atoms with E-state index < -0.39 is 0 Å². The largest absolute Gasteiger partial charge is 0.335 e. The van der Waals surface area contributed by atoms with Crippen molar-refractivity contribution < 1.29 is 9.18 Å². The summed E-state index contributed by atoms with van der Waals surface area (Å²) in [7, 11) is 0. The van der Waals surface area contributed by atoms with Crippen molar-refractivity contribution in [3.8, 4) is 5.69 Å². The van der Waals surface area contributed by atoms with Crippen LogP contribution in [0, 0.1) is 5.82 Å². The quantitative estimate of drug-likeness (QED) is 0.923. The summed E-state index contributed by atoms with van der Waals surface area (Å²) in [4.78, 5) is 14.3. The van der Waals surface area contributed by atoms with Gasteiger partial charge < -0.3 is 5.32 Å². The van der Waals surface area contributed by atoms with Gasteiger partial charge in [-0.2, -0.15) is 5.10 Å². The molecule has 114 valence electrons. The fourth-order valence-corrected chi connectivity index (χ4v) is 3.35. The molecule has 2 saturated heterocycles. The molecule has 3 heterocycles. The van der Waals surface area contributed by atoms with Crippen molar-refractivity contribution in [3.63, 3.8) is 0 Å². The minimum absolute atomic E-state index is 0.00655. The first-order chi connectivity index (χ1) is 10.7. The Labute approximate surface area is 127 Å². The molecule has 0 saturated carbocycles. The Bertz CT molecular complexity index is 696. The summed E-state index contributed by atoms with van der Waals surface area (Å²) < 4.78 is 14.7. The van der Waals surface area contributed by atoms with Crippen molar-refractivity contribution in [2.75, 3.05) is 6.54 Å². The third-order valence-electron chi connectivity index (χ3n) is 4.47. The number of nitrogens with one attached hydrogen (secondary N) is 1. The molecule has 0 bridgehead atoms. The van der Waals surface area contributed by atoms with Crippen LogP contribution in [-0.2, 0) is 4.79 Å². The Balaban J connectivity index is 1.61. The van der Waals surface area contributed by atoms with E-state index in [4.69, 9.17) is 0 Å². The highest BCUT2D eigenvalue weighted by Gasteiger charge is 2.41. The van der Waals surface area contributed by atoms with Gasteiger partial charge in [0.15, 0.2) is 0 Å². The maximum atomic E-state index is 13.0. The molecular formula is C16H17FN4O. The van der Waals surface area contributed by atoms with E-state index in [-0.39, 0.29) is 23.9 Å². The Morgan fingerprint density at radius 3 is 2.86 bits per heavy atom. The first-order valence-electron chi connectivity index (χ1n) is 7.59. The Morgan fingerprint density at radius 1 is 1.23 bits per heavy atom. The number of aromatic nitrogens is 2. The zero-order chi connectivity index (χ0) is 15.1. The molecule has 22 heavy (non-hydrogen) atoms. The molecule has 2 atom stereocenters. The van der Waals surface area contributed by atoms with Crippen LogP contribution in [0.2, 0.25) is 0 Å². The van der Waals surface area contributed by atoms with Crippen molar-refractivity contribution in [2.45, 2.75) is 31.5 Å². The number of nitrogens with zero attached hydrogens (tertiary/aromatic N) is 3.